The van der Waals surface area contributed by atoms with Crippen LogP contribution in [0.15, 0.2) is 24.3 Å². The van der Waals surface area contributed by atoms with Gasteiger partial charge in [0.15, 0.2) is 0 Å². The maximum atomic E-state index is 12.4. The van der Waals surface area contributed by atoms with Crippen molar-refractivity contribution in [2.24, 2.45) is 11.3 Å². The molecule has 0 unspecified atom stereocenters. The van der Waals surface area contributed by atoms with Gasteiger partial charge in [-0.3, -0.25) is 4.79 Å². The SMILES string of the molecule is CC1CC(C#N)(C(=O)N(C)Cc2cccc(C#N)c2)C1. The van der Waals surface area contributed by atoms with E-state index in [2.05, 4.69) is 19.1 Å². The molecule has 1 aromatic carbocycles. The van der Waals surface area contributed by atoms with Crippen LogP contribution in [-0.2, 0) is 11.3 Å². The predicted octanol–water partition coefficient (Wildman–Crippen LogP) is 2.46. The third-order valence-corrected chi connectivity index (χ3v) is 3.84. The Morgan fingerprint density at radius 3 is 2.70 bits per heavy atom. The molecule has 1 fully saturated rings. The Kier molecular flexibility index (Phi) is 3.77. The molecule has 1 amide bonds. The molecule has 4 heteroatoms. The van der Waals surface area contributed by atoms with Crippen LogP contribution in [0.5, 0.6) is 0 Å². The van der Waals surface area contributed by atoms with Crippen LogP contribution >= 0.6 is 0 Å². The lowest BCUT2D eigenvalue weighted by atomic mass is 9.63. The maximum Gasteiger partial charge on any atom is 0.243 e. The first-order valence-electron chi connectivity index (χ1n) is 6.66. The van der Waals surface area contributed by atoms with E-state index in [1.807, 2.05) is 6.07 Å². The minimum atomic E-state index is -0.832. The van der Waals surface area contributed by atoms with Gasteiger partial charge in [-0.15, -0.1) is 0 Å². The van der Waals surface area contributed by atoms with Crippen LogP contribution in [0.2, 0.25) is 0 Å². The van der Waals surface area contributed by atoms with E-state index >= 15 is 0 Å². The maximum absolute atomic E-state index is 12.4. The summed E-state index contributed by atoms with van der Waals surface area (Å²) >= 11 is 0. The van der Waals surface area contributed by atoms with Crippen molar-refractivity contribution >= 4 is 5.91 Å². The van der Waals surface area contributed by atoms with Crippen LogP contribution in [-0.4, -0.2) is 17.9 Å². The van der Waals surface area contributed by atoms with Gasteiger partial charge in [-0.05, 0) is 36.5 Å². The molecule has 0 aromatic heterocycles. The van der Waals surface area contributed by atoms with Gasteiger partial charge >= 0.3 is 0 Å². The molecule has 0 atom stereocenters. The Hall–Kier alpha value is -2.33. The van der Waals surface area contributed by atoms with E-state index in [9.17, 15) is 10.1 Å². The first kappa shape index (κ1) is 14.1. The molecule has 0 N–H and O–H groups in total. The molecule has 0 heterocycles. The van der Waals surface area contributed by atoms with E-state index in [0.717, 1.165) is 5.56 Å². The van der Waals surface area contributed by atoms with Crippen LogP contribution in [0.25, 0.3) is 0 Å². The predicted molar refractivity (Wildman–Crippen MR) is 74.1 cm³/mol. The van der Waals surface area contributed by atoms with Crippen LogP contribution in [0.4, 0.5) is 0 Å². The second kappa shape index (κ2) is 5.35. The van der Waals surface area contributed by atoms with Gasteiger partial charge < -0.3 is 4.90 Å². The molecule has 2 rings (SSSR count). The fourth-order valence-corrected chi connectivity index (χ4v) is 2.89. The summed E-state index contributed by atoms with van der Waals surface area (Å²) in [6.07, 6.45) is 1.29. The van der Waals surface area contributed by atoms with E-state index in [4.69, 9.17) is 5.26 Å². The van der Waals surface area contributed by atoms with Crippen molar-refractivity contribution < 1.29 is 4.79 Å². The van der Waals surface area contributed by atoms with Crippen molar-refractivity contribution in [3.8, 4) is 12.1 Å². The number of carbonyl (C=O) groups is 1. The molecule has 102 valence electrons. The van der Waals surface area contributed by atoms with Crippen LogP contribution < -0.4 is 0 Å². The average molecular weight is 267 g/mol. The Balaban J connectivity index is 2.08. The minimum absolute atomic E-state index is 0.111. The molecule has 1 aromatic rings. The Bertz CT molecular complexity index is 603. The summed E-state index contributed by atoms with van der Waals surface area (Å²) in [6, 6.07) is 11.5. The molecular weight excluding hydrogens is 250 g/mol. The normalized spacial score (nSPS) is 24.1. The van der Waals surface area contributed by atoms with Gasteiger partial charge in [0.05, 0.1) is 17.7 Å². The number of benzene rings is 1. The Labute approximate surface area is 119 Å². The third-order valence-electron chi connectivity index (χ3n) is 3.84. The summed E-state index contributed by atoms with van der Waals surface area (Å²) in [6.45, 7) is 2.48. The number of amides is 1. The first-order valence-corrected chi connectivity index (χ1v) is 6.66. The summed E-state index contributed by atoms with van der Waals surface area (Å²) in [4.78, 5) is 14.0. The number of nitrogens with zero attached hydrogens (tertiary/aromatic N) is 3. The summed E-state index contributed by atoms with van der Waals surface area (Å²) < 4.78 is 0. The highest BCUT2D eigenvalue weighted by molar-refractivity contribution is 5.86. The van der Waals surface area contributed by atoms with E-state index < -0.39 is 5.41 Å². The fourth-order valence-electron chi connectivity index (χ4n) is 2.89. The van der Waals surface area contributed by atoms with Crippen molar-refractivity contribution in [3.05, 3.63) is 35.4 Å². The molecule has 1 saturated carbocycles. The van der Waals surface area contributed by atoms with Gasteiger partial charge in [0.1, 0.15) is 5.41 Å². The molecular formula is C16H17N3O. The number of carbonyl (C=O) groups excluding carboxylic acids is 1. The van der Waals surface area contributed by atoms with Gasteiger partial charge in [-0.25, -0.2) is 0 Å². The zero-order valence-corrected chi connectivity index (χ0v) is 11.8. The second-order valence-electron chi connectivity index (χ2n) is 5.68. The summed E-state index contributed by atoms with van der Waals surface area (Å²) in [7, 11) is 1.71. The quantitative estimate of drug-likeness (QED) is 0.844. The number of rotatable bonds is 3. The van der Waals surface area contributed by atoms with Crippen molar-refractivity contribution in [1.29, 1.82) is 10.5 Å². The lowest BCUT2D eigenvalue weighted by Crippen LogP contribution is -2.48. The molecule has 1 aliphatic carbocycles. The van der Waals surface area contributed by atoms with Gasteiger partial charge in [-0.2, -0.15) is 10.5 Å². The highest BCUT2D eigenvalue weighted by Gasteiger charge is 2.50. The van der Waals surface area contributed by atoms with Crippen molar-refractivity contribution in [3.63, 3.8) is 0 Å². The lowest BCUT2D eigenvalue weighted by molar-refractivity contribution is -0.144. The van der Waals surface area contributed by atoms with E-state index in [0.29, 0.717) is 30.9 Å². The number of nitriles is 2. The molecule has 4 nitrogen and oxygen atoms in total. The van der Waals surface area contributed by atoms with Crippen LogP contribution in [0.1, 0.15) is 30.9 Å². The molecule has 0 radical (unpaired) electrons. The van der Waals surface area contributed by atoms with Crippen LogP contribution in [0.3, 0.4) is 0 Å². The minimum Gasteiger partial charge on any atom is -0.340 e. The first-order chi connectivity index (χ1) is 9.50. The van der Waals surface area contributed by atoms with E-state index in [-0.39, 0.29) is 5.91 Å². The lowest BCUT2D eigenvalue weighted by Gasteiger charge is -2.41. The fraction of sp³-hybridized carbons (Fsp3) is 0.438. The molecule has 0 saturated heterocycles. The zero-order chi connectivity index (χ0) is 14.8. The Morgan fingerprint density at radius 2 is 2.15 bits per heavy atom. The molecule has 1 aliphatic rings. The van der Waals surface area contributed by atoms with Crippen molar-refractivity contribution in [1.82, 2.24) is 4.90 Å². The van der Waals surface area contributed by atoms with Gasteiger partial charge in [0, 0.05) is 13.6 Å². The van der Waals surface area contributed by atoms with E-state index in [1.54, 1.807) is 30.1 Å². The molecule has 0 aliphatic heterocycles. The summed E-state index contributed by atoms with van der Waals surface area (Å²) in [5.41, 5.74) is 0.650. The van der Waals surface area contributed by atoms with Gasteiger partial charge in [-0.1, -0.05) is 19.1 Å². The number of hydrogen-bond acceptors (Lipinski definition) is 3. The van der Waals surface area contributed by atoms with Crippen LogP contribution in [0, 0.1) is 34.0 Å². The average Bonchev–Trinajstić information content (AvgIpc) is 2.43. The summed E-state index contributed by atoms with van der Waals surface area (Å²) in [5.74, 6) is 0.328. The van der Waals surface area contributed by atoms with Crippen molar-refractivity contribution in [2.45, 2.75) is 26.3 Å². The van der Waals surface area contributed by atoms with E-state index in [1.165, 1.54) is 0 Å². The third kappa shape index (κ3) is 2.51. The van der Waals surface area contributed by atoms with Crippen molar-refractivity contribution in [2.75, 3.05) is 7.05 Å². The van der Waals surface area contributed by atoms with Gasteiger partial charge in [0.2, 0.25) is 5.91 Å². The standard InChI is InChI=1S/C16H17N3O/c1-12-7-16(8-12,11-18)15(20)19(2)10-14-5-3-4-13(6-14)9-17/h3-6,12H,7-8,10H2,1-2H3. The highest BCUT2D eigenvalue weighted by Crippen LogP contribution is 2.46. The Morgan fingerprint density at radius 1 is 1.45 bits per heavy atom. The smallest absolute Gasteiger partial charge is 0.243 e. The second-order valence-corrected chi connectivity index (χ2v) is 5.68. The molecule has 0 spiro atoms. The largest absolute Gasteiger partial charge is 0.340 e. The zero-order valence-electron chi connectivity index (χ0n) is 11.8. The highest BCUT2D eigenvalue weighted by atomic mass is 16.2. The summed E-state index contributed by atoms with van der Waals surface area (Å²) in [5, 5.41) is 18.2. The monoisotopic (exact) mass is 267 g/mol. The topological polar surface area (TPSA) is 67.9 Å². The molecule has 20 heavy (non-hydrogen) atoms. The van der Waals surface area contributed by atoms with Gasteiger partial charge in [0.25, 0.3) is 0 Å². The number of hydrogen-bond donors (Lipinski definition) is 0. The molecule has 0 bridgehead atoms.